The monoisotopic (exact) mass is 318 g/mol. The van der Waals surface area contributed by atoms with Crippen LogP contribution in [0.15, 0.2) is 60.7 Å². The first-order chi connectivity index (χ1) is 11.7. The van der Waals surface area contributed by atoms with Crippen LogP contribution in [0.5, 0.6) is 0 Å². The second-order valence-electron chi connectivity index (χ2n) is 5.96. The zero-order valence-electron chi connectivity index (χ0n) is 13.5. The van der Waals surface area contributed by atoms with Crippen molar-refractivity contribution in [3.63, 3.8) is 0 Å². The van der Waals surface area contributed by atoms with Crippen LogP contribution < -0.4 is 10.2 Å². The van der Waals surface area contributed by atoms with Gasteiger partial charge in [-0.25, -0.2) is 0 Å². The molecule has 2 N–H and O–H groups in total. The van der Waals surface area contributed by atoms with E-state index in [1.807, 2.05) is 6.07 Å². The molecule has 1 aliphatic heterocycles. The fourth-order valence-electron chi connectivity index (χ4n) is 2.92. The van der Waals surface area contributed by atoms with Crippen molar-refractivity contribution in [3.8, 4) is 6.07 Å². The minimum atomic E-state index is 0.00580. The molecule has 0 saturated carbocycles. The number of nitriles is 1. The topological polar surface area (TPSA) is 57.3 Å². The molecular weight excluding hydrogens is 298 g/mol. The van der Waals surface area contributed by atoms with E-state index in [1.165, 1.54) is 16.0 Å². The van der Waals surface area contributed by atoms with Crippen LogP contribution in [0.4, 0.5) is 5.69 Å². The summed E-state index contributed by atoms with van der Waals surface area (Å²) in [4.78, 5) is 13.4. The number of hydrogen-bond acceptors (Lipinski definition) is 2. The highest BCUT2D eigenvalue weighted by Crippen LogP contribution is 2.17. The molecule has 0 saturated heterocycles. The zero-order valence-corrected chi connectivity index (χ0v) is 13.5. The van der Waals surface area contributed by atoms with Gasteiger partial charge in [0.05, 0.1) is 24.7 Å². The Morgan fingerprint density at radius 1 is 1.12 bits per heavy atom. The molecule has 0 fully saturated rings. The Hall–Kier alpha value is -2.90. The maximum Gasteiger partial charge on any atom is 0.279 e. The first-order valence-corrected chi connectivity index (χ1v) is 8.12. The molecule has 0 aliphatic carbocycles. The molecule has 2 aromatic carbocycles. The average Bonchev–Trinajstić information content (AvgIpc) is 2.64. The Bertz CT molecular complexity index is 773. The van der Waals surface area contributed by atoms with Crippen LogP contribution >= 0.6 is 0 Å². The van der Waals surface area contributed by atoms with Gasteiger partial charge in [0.15, 0.2) is 6.54 Å². The molecule has 0 radical (unpaired) electrons. The Balaban J connectivity index is 1.53. The Morgan fingerprint density at radius 3 is 2.50 bits per heavy atom. The number of quaternary nitrogens is 1. The van der Waals surface area contributed by atoms with Gasteiger partial charge in [0, 0.05) is 12.1 Å². The smallest absolute Gasteiger partial charge is 0.279 e. The maximum absolute atomic E-state index is 12.2. The molecule has 3 rings (SSSR count). The third-order valence-corrected chi connectivity index (χ3v) is 4.24. The average molecular weight is 318 g/mol. The first kappa shape index (κ1) is 16.0. The summed E-state index contributed by atoms with van der Waals surface area (Å²) in [5.74, 6) is 0.00580. The van der Waals surface area contributed by atoms with E-state index in [-0.39, 0.29) is 5.91 Å². The fourth-order valence-corrected chi connectivity index (χ4v) is 2.92. The second-order valence-corrected chi connectivity index (χ2v) is 5.96. The summed E-state index contributed by atoms with van der Waals surface area (Å²) >= 11 is 0. The Kier molecular flexibility index (Phi) is 5.05. The number of amides is 1. The molecule has 24 heavy (non-hydrogen) atoms. The zero-order chi connectivity index (χ0) is 16.8. The summed E-state index contributed by atoms with van der Waals surface area (Å²) < 4.78 is 0. The van der Waals surface area contributed by atoms with Gasteiger partial charge in [-0.1, -0.05) is 30.3 Å². The molecule has 0 spiro atoms. The van der Waals surface area contributed by atoms with Gasteiger partial charge in [0.25, 0.3) is 5.91 Å². The molecule has 2 aromatic rings. The quantitative estimate of drug-likeness (QED) is 0.904. The summed E-state index contributed by atoms with van der Waals surface area (Å²) in [6.07, 6.45) is 3.23. The summed E-state index contributed by atoms with van der Waals surface area (Å²) in [6, 6.07) is 19.4. The summed E-state index contributed by atoms with van der Waals surface area (Å²) in [5, 5.41) is 11.7. The van der Waals surface area contributed by atoms with Gasteiger partial charge in [0.1, 0.15) is 0 Å². The number of hydrogen-bond donors (Lipinski definition) is 2. The van der Waals surface area contributed by atoms with E-state index in [4.69, 9.17) is 5.26 Å². The van der Waals surface area contributed by atoms with E-state index in [1.54, 1.807) is 24.3 Å². The third kappa shape index (κ3) is 4.09. The van der Waals surface area contributed by atoms with Gasteiger partial charge in [-0.05, 0) is 41.5 Å². The Labute approximate surface area is 142 Å². The molecule has 4 nitrogen and oxygen atoms in total. The molecule has 1 aliphatic rings. The SMILES string of the molecule is N#Cc1ccc(NC(=O)C[NH+]2CC=C(c3ccccc3)CC2)cc1. The summed E-state index contributed by atoms with van der Waals surface area (Å²) in [5.41, 5.74) is 3.97. The van der Waals surface area contributed by atoms with Gasteiger partial charge in [0.2, 0.25) is 0 Å². The van der Waals surface area contributed by atoms with Crippen molar-refractivity contribution in [1.29, 1.82) is 5.26 Å². The van der Waals surface area contributed by atoms with E-state index in [2.05, 4.69) is 41.7 Å². The van der Waals surface area contributed by atoms with Crippen molar-refractivity contribution >= 4 is 17.2 Å². The predicted molar refractivity (Wildman–Crippen MR) is 94.4 cm³/mol. The number of anilines is 1. The highest BCUT2D eigenvalue weighted by atomic mass is 16.2. The minimum absolute atomic E-state index is 0.00580. The number of benzene rings is 2. The molecule has 1 heterocycles. The third-order valence-electron chi connectivity index (χ3n) is 4.24. The molecule has 0 aromatic heterocycles. The predicted octanol–water partition coefficient (Wildman–Crippen LogP) is 1.87. The maximum atomic E-state index is 12.2. The van der Waals surface area contributed by atoms with Gasteiger partial charge in [-0.3, -0.25) is 4.79 Å². The second kappa shape index (κ2) is 7.58. The summed E-state index contributed by atoms with van der Waals surface area (Å²) in [6.45, 7) is 2.28. The molecule has 4 heteroatoms. The molecule has 0 bridgehead atoms. The van der Waals surface area contributed by atoms with E-state index in [0.717, 1.165) is 25.2 Å². The lowest BCUT2D eigenvalue weighted by Crippen LogP contribution is -3.13. The molecule has 1 amide bonds. The number of nitrogens with zero attached hydrogens (tertiary/aromatic N) is 1. The standard InChI is InChI=1S/C20H19N3O/c21-14-16-6-8-19(9-7-16)22-20(24)15-23-12-10-18(11-13-23)17-4-2-1-3-5-17/h1-10H,11-13,15H2,(H,22,24)/p+1. The van der Waals surface area contributed by atoms with Crippen molar-refractivity contribution in [2.75, 3.05) is 25.0 Å². The lowest BCUT2D eigenvalue weighted by molar-refractivity contribution is -0.886. The highest BCUT2D eigenvalue weighted by molar-refractivity contribution is 5.91. The van der Waals surface area contributed by atoms with Crippen molar-refractivity contribution < 1.29 is 9.69 Å². The van der Waals surface area contributed by atoms with Crippen LogP contribution in [0.25, 0.3) is 5.57 Å². The number of carbonyl (C=O) groups is 1. The minimum Gasteiger partial charge on any atom is -0.324 e. The van der Waals surface area contributed by atoms with Crippen LogP contribution in [-0.2, 0) is 4.79 Å². The molecule has 120 valence electrons. The van der Waals surface area contributed by atoms with E-state index < -0.39 is 0 Å². The normalized spacial score (nSPS) is 16.8. The molecule has 1 unspecified atom stereocenters. The van der Waals surface area contributed by atoms with Crippen LogP contribution in [-0.4, -0.2) is 25.5 Å². The van der Waals surface area contributed by atoms with Gasteiger partial charge >= 0.3 is 0 Å². The van der Waals surface area contributed by atoms with Crippen molar-refractivity contribution in [2.24, 2.45) is 0 Å². The lowest BCUT2D eigenvalue weighted by atomic mass is 10.00. The van der Waals surface area contributed by atoms with Gasteiger partial charge < -0.3 is 10.2 Å². The van der Waals surface area contributed by atoms with Crippen LogP contribution in [0, 0.1) is 11.3 Å². The fraction of sp³-hybridized carbons (Fsp3) is 0.200. The van der Waals surface area contributed by atoms with Crippen molar-refractivity contribution in [3.05, 3.63) is 71.8 Å². The number of rotatable bonds is 4. The first-order valence-electron chi connectivity index (χ1n) is 8.12. The molecule has 1 atom stereocenters. The highest BCUT2D eigenvalue weighted by Gasteiger charge is 2.18. The van der Waals surface area contributed by atoms with Crippen LogP contribution in [0.2, 0.25) is 0 Å². The van der Waals surface area contributed by atoms with Crippen molar-refractivity contribution in [1.82, 2.24) is 0 Å². The van der Waals surface area contributed by atoms with Crippen LogP contribution in [0.3, 0.4) is 0 Å². The number of carbonyl (C=O) groups excluding carboxylic acids is 1. The molecular formula is C20H20N3O+. The van der Waals surface area contributed by atoms with Crippen LogP contribution in [0.1, 0.15) is 17.5 Å². The number of nitrogens with one attached hydrogen (secondary N) is 2. The largest absolute Gasteiger partial charge is 0.324 e. The van der Waals surface area contributed by atoms with Crippen molar-refractivity contribution in [2.45, 2.75) is 6.42 Å². The van der Waals surface area contributed by atoms with Gasteiger partial charge in [-0.2, -0.15) is 5.26 Å². The summed E-state index contributed by atoms with van der Waals surface area (Å²) in [7, 11) is 0. The van der Waals surface area contributed by atoms with Gasteiger partial charge in [-0.15, -0.1) is 0 Å². The Morgan fingerprint density at radius 2 is 1.88 bits per heavy atom. The van der Waals surface area contributed by atoms with E-state index >= 15 is 0 Å². The van der Waals surface area contributed by atoms with E-state index in [9.17, 15) is 4.79 Å². The van der Waals surface area contributed by atoms with E-state index in [0.29, 0.717) is 12.1 Å². The lowest BCUT2D eigenvalue weighted by Gasteiger charge is -2.23.